The molecule has 0 bridgehead atoms. The van der Waals surface area contributed by atoms with Gasteiger partial charge in [-0.2, -0.15) is 0 Å². The number of carbonyl (C=O) groups excluding carboxylic acids is 2. The van der Waals surface area contributed by atoms with E-state index < -0.39 is 12.1 Å². The first-order chi connectivity index (χ1) is 14.5. The summed E-state index contributed by atoms with van der Waals surface area (Å²) < 4.78 is 8.66. The van der Waals surface area contributed by atoms with Gasteiger partial charge in [0.1, 0.15) is 0 Å². The van der Waals surface area contributed by atoms with E-state index in [-0.39, 0.29) is 24.6 Å². The van der Waals surface area contributed by atoms with E-state index in [1.54, 1.807) is 21.0 Å². The average molecular weight is 407 g/mol. The number of aromatic nitrogens is 2. The van der Waals surface area contributed by atoms with Crippen molar-refractivity contribution in [2.45, 2.75) is 45.9 Å². The molecular weight excluding hydrogens is 382 g/mol. The third-order valence-electron chi connectivity index (χ3n) is 5.59. The lowest BCUT2D eigenvalue weighted by Gasteiger charge is -2.21. The summed E-state index contributed by atoms with van der Waals surface area (Å²) in [5.41, 5.74) is 3.48. The van der Waals surface area contributed by atoms with Crippen LogP contribution in [0.25, 0.3) is 11.0 Å². The molecule has 0 fully saturated rings. The molecule has 1 aliphatic heterocycles. The van der Waals surface area contributed by atoms with Gasteiger partial charge in [-0.15, -0.1) is 0 Å². The van der Waals surface area contributed by atoms with Crippen molar-refractivity contribution >= 4 is 28.6 Å². The summed E-state index contributed by atoms with van der Waals surface area (Å²) in [5, 5.41) is 0. The van der Waals surface area contributed by atoms with E-state index in [1.165, 1.54) is 0 Å². The minimum absolute atomic E-state index is 0.0197. The lowest BCUT2D eigenvalue weighted by atomic mass is 10.2. The number of fused-ring (bicyclic) bond motifs is 2. The molecule has 7 heteroatoms. The number of hydrogen-bond acceptors (Lipinski definition) is 4. The average Bonchev–Trinajstić information content (AvgIpc) is 3.30. The largest absolute Gasteiger partial charge is 0.452 e. The van der Waals surface area contributed by atoms with Gasteiger partial charge in [0.05, 0.1) is 17.5 Å². The van der Waals surface area contributed by atoms with Gasteiger partial charge in [-0.3, -0.25) is 18.7 Å². The second kappa shape index (κ2) is 8.18. The minimum atomic E-state index is -0.877. The Kier molecular flexibility index (Phi) is 5.44. The van der Waals surface area contributed by atoms with Crippen LogP contribution >= 0.6 is 0 Å². The van der Waals surface area contributed by atoms with Crippen molar-refractivity contribution in [2.75, 3.05) is 11.4 Å². The number of carbonyl (C=O) groups is 2. The fourth-order valence-corrected chi connectivity index (χ4v) is 4.09. The fraction of sp³-hybridized carbons (Fsp3) is 0.348. The molecule has 0 aliphatic carbocycles. The normalized spacial score (nSPS) is 14.0. The molecule has 0 saturated carbocycles. The highest BCUT2D eigenvalue weighted by molar-refractivity contribution is 5.99. The van der Waals surface area contributed by atoms with Crippen LogP contribution in [0.4, 0.5) is 5.69 Å². The molecule has 1 atom stereocenters. The molecule has 7 nitrogen and oxygen atoms in total. The second-order valence-electron chi connectivity index (χ2n) is 7.42. The van der Waals surface area contributed by atoms with Crippen LogP contribution in [0.15, 0.2) is 53.3 Å². The smallest absolute Gasteiger partial charge is 0.329 e. The maximum atomic E-state index is 12.8. The summed E-state index contributed by atoms with van der Waals surface area (Å²) in [6, 6.07) is 15.3. The molecule has 3 aromatic rings. The molecule has 4 rings (SSSR count). The van der Waals surface area contributed by atoms with E-state index in [9.17, 15) is 14.4 Å². The molecule has 1 amide bonds. The van der Waals surface area contributed by atoms with Gasteiger partial charge in [0, 0.05) is 25.3 Å². The highest BCUT2D eigenvalue weighted by Crippen LogP contribution is 2.28. The van der Waals surface area contributed by atoms with Gasteiger partial charge in [0.2, 0.25) is 0 Å². The number of hydrogen-bond donors (Lipinski definition) is 0. The Hall–Kier alpha value is -3.35. The lowest BCUT2D eigenvalue weighted by molar-refractivity contribution is -0.154. The Morgan fingerprint density at radius 2 is 1.70 bits per heavy atom. The Balaban J connectivity index is 1.41. The first kappa shape index (κ1) is 19.9. The molecule has 0 saturated heterocycles. The molecule has 2 heterocycles. The van der Waals surface area contributed by atoms with Crippen molar-refractivity contribution in [3.8, 4) is 0 Å². The van der Waals surface area contributed by atoms with Gasteiger partial charge in [0.15, 0.2) is 6.10 Å². The summed E-state index contributed by atoms with van der Waals surface area (Å²) >= 11 is 0. The summed E-state index contributed by atoms with van der Waals surface area (Å²) in [4.78, 5) is 39.5. The number of benzene rings is 2. The van der Waals surface area contributed by atoms with Crippen molar-refractivity contribution in [3.05, 3.63) is 64.6 Å². The van der Waals surface area contributed by atoms with Crippen molar-refractivity contribution in [3.63, 3.8) is 0 Å². The first-order valence-electron chi connectivity index (χ1n) is 10.3. The van der Waals surface area contributed by atoms with Crippen molar-refractivity contribution in [1.29, 1.82) is 0 Å². The van der Waals surface area contributed by atoms with Crippen LogP contribution in [0.3, 0.4) is 0 Å². The molecule has 0 radical (unpaired) electrons. The number of para-hydroxylation sites is 3. The van der Waals surface area contributed by atoms with Crippen LogP contribution in [0.5, 0.6) is 0 Å². The van der Waals surface area contributed by atoms with E-state index in [0.29, 0.717) is 13.1 Å². The van der Waals surface area contributed by atoms with Crippen LogP contribution in [-0.4, -0.2) is 33.7 Å². The monoisotopic (exact) mass is 407 g/mol. The maximum absolute atomic E-state index is 12.8. The van der Waals surface area contributed by atoms with E-state index in [2.05, 4.69) is 0 Å². The summed E-state index contributed by atoms with van der Waals surface area (Å²) in [6.45, 7) is 4.86. The molecule has 0 N–H and O–H groups in total. The number of esters is 1. The Labute approximate surface area is 174 Å². The number of anilines is 1. The fourth-order valence-electron chi connectivity index (χ4n) is 4.09. The maximum Gasteiger partial charge on any atom is 0.329 e. The van der Waals surface area contributed by atoms with E-state index in [1.807, 2.05) is 55.5 Å². The molecule has 0 unspecified atom stereocenters. The van der Waals surface area contributed by atoms with Gasteiger partial charge < -0.3 is 9.64 Å². The van der Waals surface area contributed by atoms with Gasteiger partial charge in [-0.1, -0.05) is 30.3 Å². The van der Waals surface area contributed by atoms with Crippen molar-refractivity contribution in [2.24, 2.45) is 0 Å². The number of amides is 1. The molecule has 2 aromatic carbocycles. The predicted molar refractivity (Wildman–Crippen MR) is 115 cm³/mol. The van der Waals surface area contributed by atoms with Crippen molar-refractivity contribution in [1.82, 2.24) is 9.13 Å². The van der Waals surface area contributed by atoms with E-state index >= 15 is 0 Å². The summed E-state index contributed by atoms with van der Waals surface area (Å²) in [5.74, 6) is -0.725. The molecule has 1 aliphatic rings. The second-order valence-corrected chi connectivity index (χ2v) is 7.42. The summed E-state index contributed by atoms with van der Waals surface area (Å²) in [7, 11) is 0. The van der Waals surface area contributed by atoms with Crippen LogP contribution in [-0.2, 0) is 33.8 Å². The molecule has 156 valence electrons. The van der Waals surface area contributed by atoms with E-state index in [4.69, 9.17) is 4.74 Å². The van der Waals surface area contributed by atoms with Gasteiger partial charge in [-0.25, -0.2) is 4.79 Å². The minimum Gasteiger partial charge on any atom is -0.452 e. The zero-order valence-electron chi connectivity index (χ0n) is 17.2. The quantitative estimate of drug-likeness (QED) is 0.589. The predicted octanol–water partition coefficient (Wildman–Crippen LogP) is 2.73. The molecule has 1 aromatic heterocycles. The number of ether oxygens (including phenoxy) is 1. The SMILES string of the molecule is CCn1c(=O)n(CCC(=O)O[C@@H](C)C(=O)N2CCc3ccccc32)c2ccccc21. The Morgan fingerprint density at radius 1 is 1.03 bits per heavy atom. The lowest BCUT2D eigenvalue weighted by Crippen LogP contribution is -2.39. The Morgan fingerprint density at radius 3 is 2.43 bits per heavy atom. The van der Waals surface area contributed by atoms with E-state index in [0.717, 1.165) is 28.7 Å². The topological polar surface area (TPSA) is 73.5 Å². The number of imidazole rings is 1. The van der Waals surface area contributed by atoms with Gasteiger partial charge in [0.25, 0.3) is 5.91 Å². The highest BCUT2D eigenvalue weighted by atomic mass is 16.5. The van der Waals surface area contributed by atoms with Crippen LogP contribution in [0.2, 0.25) is 0 Å². The zero-order chi connectivity index (χ0) is 21.3. The molecule has 30 heavy (non-hydrogen) atoms. The Bertz CT molecular complexity index is 1160. The standard InChI is InChI=1S/C23H25N3O4/c1-3-24-19-10-6-7-11-20(19)26(23(24)29)15-13-21(27)30-16(2)22(28)25-14-12-17-8-4-5-9-18(17)25/h4-11,16H,3,12-15H2,1-2H3/t16-/m0/s1. The van der Waals surface area contributed by atoms with Crippen LogP contribution in [0, 0.1) is 0 Å². The van der Waals surface area contributed by atoms with Crippen molar-refractivity contribution < 1.29 is 14.3 Å². The first-order valence-corrected chi connectivity index (χ1v) is 10.3. The number of aryl methyl sites for hydroxylation is 2. The third kappa shape index (κ3) is 3.51. The molecule has 0 spiro atoms. The zero-order valence-corrected chi connectivity index (χ0v) is 17.2. The number of nitrogens with zero attached hydrogens (tertiary/aromatic N) is 3. The van der Waals surface area contributed by atoms with Gasteiger partial charge >= 0.3 is 11.7 Å². The highest BCUT2D eigenvalue weighted by Gasteiger charge is 2.29. The summed E-state index contributed by atoms with van der Waals surface area (Å²) in [6.07, 6.45) is -0.0592. The van der Waals surface area contributed by atoms with Crippen LogP contribution < -0.4 is 10.6 Å². The third-order valence-corrected chi connectivity index (χ3v) is 5.59. The molecular formula is C23H25N3O4. The number of rotatable bonds is 6. The van der Waals surface area contributed by atoms with Crippen LogP contribution in [0.1, 0.15) is 25.8 Å². The van der Waals surface area contributed by atoms with Gasteiger partial charge in [-0.05, 0) is 44.0 Å².